The molecule has 0 bridgehead atoms. The Kier molecular flexibility index (Phi) is 4.68. The van der Waals surface area contributed by atoms with Crippen LogP contribution in [0.5, 0.6) is 0 Å². The number of nitrogens with zero attached hydrogens (tertiary/aromatic N) is 3. The molecule has 0 aliphatic carbocycles. The molecule has 1 N–H and O–H groups in total. The van der Waals surface area contributed by atoms with E-state index in [1.807, 2.05) is 13.1 Å². The smallest absolute Gasteiger partial charge is 0.411 e. The molecule has 22 heavy (non-hydrogen) atoms. The van der Waals surface area contributed by atoms with Crippen molar-refractivity contribution in [3.63, 3.8) is 0 Å². The highest BCUT2D eigenvalue weighted by Crippen LogP contribution is 2.38. The fourth-order valence-corrected chi connectivity index (χ4v) is 2.58. The van der Waals surface area contributed by atoms with Crippen LogP contribution in [0.25, 0.3) is 5.57 Å². The van der Waals surface area contributed by atoms with Gasteiger partial charge in [-0.05, 0) is 25.1 Å². The number of carbonyl (C=O) groups is 1. The zero-order valence-corrected chi connectivity index (χ0v) is 13.0. The molecule has 0 unspecified atom stereocenters. The lowest BCUT2D eigenvalue weighted by Crippen LogP contribution is -2.25. The van der Waals surface area contributed by atoms with Gasteiger partial charge in [0.15, 0.2) is 0 Å². The van der Waals surface area contributed by atoms with Crippen LogP contribution in [-0.2, 0) is 0 Å². The normalized spacial score (nSPS) is 15.3. The van der Waals surface area contributed by atoms with Crippen LogP contribution in [0.4, 0.5) is 16.2 Å². The van der Waals surface area contributed by atoms with Gasteiger partial charge in [-0.1, -0.05) is 17.7 Å². The van der Waals surface area contributed by atoms with Crippen molar-refractivity contribution in [2.45, 2.75) is 6.42 Å². The summed E-state index contributed by atoms with van der Waals surface area (Å²) in [6.45, 7) is 1.54. The van der Waals surface area contributed by atoms with Crippen LogP contribution >= 0.6 is 11.6 Å². The molecule has 1 aliphatic heterocycles. The van der Waals surface area contributed by atoms with Crippen LogP contribution in [0.1, 0.15) is 12.0 Å². The molecule has 8 heteroatoms. The van der Waals surface area contributed by atoms with Gasteiger partial charge in [-0.15, -0.1) is 0 Å². The first-order valence-corrected chi connectivity index (χ1v) is 7.01. The van der Waals surface area contributed by atoms with E-state index in [0.29, 0.717) is 12.0 Å². The second-order valence-electron chi connectivity index (χ2n) is 5.17. The Hall–Kier alpha value is -2.12. The van der Waals surface area contributed by atoms with Crippen molar-refractivity contribution >= 4 is 34.6 Å². The van der Waals surface area contributed by atoms with E-state index in [-0.39, 0.29) is 16.4 Å². The molecule has 1 heterocycles. The third-order valence-corrected chi connectivity index (χ3v) is 4.06. The average molecular weight is 326 g/mol. The zero-order chi connectivity index (χ0) is 16.4. The number of nitro benzene ring substituents is 1. The van der Waals surface area contributed by atoms with Gasteiger partial charge in [0.05, 0.1) is 10.6 Å². The number of halogens is 1. The molecule has 0 saturated heterocycles. The van der Waals surface area contributed by atoms with Crippen molar-refractivity contribution in [2.24, 2.45) is 0 Å². The first-order chi connectivity index (χ1) is 10.3. The lowest BCUT2D eigenvalue weighted by molar-refractivity contribution is -0.384. The molecule has 1 aliphatic rings. The zero-order valence-electron chi connectivity index (χ0n) is 12.2. The van der Waals surface area contributed by atoms with Crippen LogP contribution in [0.3, 0.4) is 0 Å². The maximum absolute atomic E-state index is 11.2. The highest BCUT2D eigenvalue weighted by molar-refractivity contribution is 6.34. The number of benzene rings is 1. The van der Waals surface area contributed by atoms with Crippen molar-refractivity contribution in [1.29, 1.82) is 0 Å². The van der Waals surface area contributed by atoms with Gasteiger partial charge in [-0.3, -0.25) is 15.0 Å². The first-order valence-electron chi connectivity index (χ1n) is 6.63. The van der Waals surface area contributed by atoms with Crippen LogP contribution in [0.2, 0.25) is 5.02 Å². The molecule has 1 aromatic rings. The molecule has 7 nitrogen and oxygen atoms in total. The topological polar surface area (TPSA) is 86.9 Å². The molecule has 0 fully saturated rings. The van der Waals surface area contributed by atoms with Crippen LogP contribution in [-0.4, -0.2) is 48.2 Å². The van der Waals surface area contributed by atoms with Crippen LogP contribution in [0.15, 0.2) is 18.2 Å². The third-order valence-electron chi connectivity index (χ3n) is 3.67. The Morgan fingerprint density at radius 2 is 2.18 bits per heavy atom. The van der Waals surface area contributed by atoms with E-state index in [9.17, 15) is 14.9 Å². The van der Waals surface area contributed by atoms with Crippen molar-refractivity contribution in [3.8, 4) is 0 Å². The Morgan fingerprint density at radius 1 is 1.50 bits per heavy atom. The Bertz CT molecular complexity index is 660. The SMILES string of the molecule is CN1CC=C(c2cc(N(C)C(=O)O)cc([N+](=O)[O-])c2Cl)CC1. The minimum Gasteiger partial charge on any atom is -0.465 e. The molecule has 2 rings (SSSR count). The maximum Gasteiger partial charge on any atom is 0.411 e. The van der Waals surface area contributed by atoms with E-state index in [0.717, 1.165) is 23.6 Å². The van der Waals surface area contributed by atoms with E-state index in [2.05, 4.69) is 4.90 Å². The minimum atomic E-state index is -1.19. The minimum absolute atomic E-state index is 0.0448. The molecule has 0 saturated carbocycles. The summed E-state index contributed by atoms with van der Waals surface area (Å²) in [5.41, 5.74) is 1.35. The van der Waals surface area contributed by atoms with Crippen LogP contribution in [0, 0.1) is 10.1 Å². The van der Waals surface area contributed by atoms with E-state index < -0.39 is 11.0 Å². The van der Waals surface area contributed by atoms with Gasteiger partial charge in [0.1, 0.15) is 5.02 Å². The highest BCUT2D eigenvalue weighted by Gasteiger charge is 2.24. The van der Waals surface area contributed by atoms with Gasteiger partial charge >= 0.3 is 6.09 Å². The van der Waals surface area contributed by atoms with E-state index in [1.165, 1.54) is 13.1 Å². The van der Waals surface area contributed by atoms with Crippen LogP contribution < -0.4 is 4.90 Å². The largest absolute Gasteiger partial charge is 0.465 e. The van der Waals surface area contributed by atoms with Crippen molar-refractivity contribution in [1.82, 2.24) is 4.90 Å². The molecule has 118 valence electrons. The summed E-state index contributed by atoms with van der Waals surface area (Å²) in [5, 5.41) is 20.3. The number of anilines is 1. The number of amides is 1. The molecule has 0 aromatic heterocycles. The third kappa shape index (κ3) is 3.20. The number of rotatable bonds is 3. The van der Waals surface area contributed by atoms with Crippen molar-refractivity contribution < 1.29 is 14.8 Å². The van der Waals surface area contributed by atoms with E-state index in [4.69, 9.17) is 16.7 Å². The number of likely N-dealkylation sites (N-methyl/N-ethyl adjacent to an activating group) is 1. The Balaban J connectivity index is 2.57. The Labute approximate surface area is 132 Å². The second-order valence-corrected chi connectivity index (χ2v) is 5.54. The van der Waals surface area contributed by atoms with Crippen molar-refractivity contribution in [2.75, 3.05) is 32.1 Å². The number of hydrogen-bond donors (Lipinski definition) is 1. The molecule has 0 atom stereocenters. The van der Waals surface area contributed by atoms with E-state index >= 15 is 0 Å². The fourth-order valence-electron chi connectivity index (χ4n) is 2.28. The highest BCUT2D eigenvalue weighted by atomic mass is 35.5. The average Bonchev–Trinajstić information content (AvgIpc) is 2.47. The summed E-state index contributed by atoms with van der Waals surface area (Å²) in [7, 11) is 3.31. The fraction of sp³-hybridized carbons (Fsp3) is 0.357. The summed E-state index contributed by atoms with van der Waals surface area (Å²) in [5.74, 6) is 0. The van der Waals surface area contributed by atoms with Crippen molar-refractivity contribution in [3.05, 3.63) is 38.9 Å². The van der Waals surface area contributed by atoms with Gasteiger partial charge < -0.3 is 10.0 Å². The lowest BCUT2D eigenvalue weighted by Gasteiger charge is -2.23. The summed E-state index contributed by atoms with van der Waals surface area (Å²) < 4.78 is 0. The first kappa shape index (κ1) is 16.3. The monoisotopic (exact) mass is 325 g/mol. The molecule has 1 aromatic carbocycles. The van der Waals surface area contributed by atoms with E-state index in [1.54, 1.807) is 6.07 Å². The number of carboxylic acid groups (broad SMARTS) is 1. The number of nitro groups is 1. The van der Waals surface area contributed by atoms with Gasteiger partial charge in [0.2, 0.25) is 0 Å². The summed E-state index contributed by atoms with van der Waals surface area (Å²) in [6.07, 6.45) is 1.46. The van der Waals surface area contributed by atoms with Gasteiger partial charge in [-0.25, -0.2) is 4.79 Å². The Morgan fingerprint density at radius 3 is 2.68 bits per heavy atom. The molecule has 0 spiro atoms. The summed E-state index contributed by atoms with van der Waals surface area (Å²) in [6, 6.07) is 2.76. The lowest BCUT2D eigenvalue weighted by atomic mass is 9.98. The van der Waals surface area contributed by atoms with Gasteiger partial charge in [0, 0.05) is 31.8 Å². The predicted molar refractivity (Wildman–Crippen MR) is 84.6 cm³/mol. The second kappa shape index (κ2) is 6.33. The van der Waals surface area contributed by atoms with Gasteiger partial charge in [-0.2, -0.15) is 0 Å². The molecular formula is C14H16ClN3O4. The van der Waals surface area contributed by atoms with Gasteiger partial charge in [0.25, 0.3) is 5.69 Å². The summed E-state index contributed by atoms with van der Waals surface area (Å²) >= 11 is 6.17. The molecule has 0 radical (unpaired) electrons. The summed E-state index contributed by atoms with van der Waals surface area (Å²) in [4.78, 5) is 24.7. The molecule has 1 amide bonds. The molecular weight excluding hydrogens is 310 g/mol. The number of hydrogen-bond acceptors (Lipinski definition) is 4. The maximum atomic E-state index is 11.2. The quantitative estimate of drug-likeness (QED) is 0.681. The predicted octanol–water partition coefficient (Wildman–Crippen LogP) is 3.08. The standard InChI is InChI=1S/C14H16ClN3O4/c1-16-5-3-9(4-6-16)11-7-10(17(2)14(19)20)8-12(13(11)15)18(21)22/h3,7-8H,4-6H2,1-2H3,(H,19,20).